The molecule has 0 atom stereocenters. The van der Waals surface area contributed by atoms with Gasteiger partial charge in [-0.05, 0) is 17.5 Å². The van der Waals surface area contributed by atoms with Crippen molar-refractivity contribution in [2.24, 2.45) is 0 Å². The molecule has 6 nitrogen and oxygen atoms in total. The molecule has 0 aliphatic carbocycles. The lowest BCUT2D eigenvalue weighted by molar-refractivity contribution is -0.379. The minimum Gasteiger partial charge on any atom is -0.398 e. The van der Waals surface area contributed by atoms with E-state index in [0.29, 0.717) is 0 Å². The summed E-state index contributed by atoms with van der Waals surface area (Å²) in [4.78, 5) is 0. The van der Waals surface area contributed by atoms with Crippen molar-refractivity contribution < 1.29 is 126 Å². The minimum atomic E-state index is -7.88. The van der Waals surface area contributed by atoms with Gasteiger partial charge in [0.25, 0.3) is 22.4 Å². The zero-order valence-electron chi connectivity index (χ0n) is 23.2. The number of nitrogens with two attached hydrogens (primary N) is 2. The molecule has 0 aliphatic rings. The number of alkyl halides is 24. The van der Waals surface area contributed by atoms with Crippen LogP contribution in [0.1, 0.15) is 22.3 Å². The fourth-order valence-electron chi connectivity index (χ4n) is 4.74. The normalized spacial score (nSPS) is 15.8. The Morgan fingerprint density at radius 3 is 0.808 bits per heavy atom. The van der Waals surface area contributed by atoms with Gasteiger partial charge in [-0.15, -0.1) is 0 Å². The van der Waals surface area contributed by atoms with Gasteiger partial charge in [0.15, 0.2) is 0 Å². The standard InChI is InChI=1S/C22H10F24N2O4/c23-15(24,25)11(49,16(26,27)28)4-2-6(13(51,19(35,36)37)20(38,39)40)9(47)7-3(4)1-5(12(50,17(29,30)31)18(32,33)34)10(48)8(7)14(52,21(41,42)43)22(44,45)46/h1-2,49-52H,47-48H2. The third-order valence-corrected chi connectivity index (χ3v) is 7.32. The Balaban J connectivity index is 4.03. The highest BCUT2D eigenvalue weighted by Gasteiger charge is 2.78. The molecule has 2 aromatic carbocycles. The second-order valence-corrected chi connectivity index (χ2v) is 10.3. The number of benzene rings is 2. The summed E-state index contributed by atoms with van der Waals surface area (Å²) in [6.45, 7) is 0. The predicted molar refractivity (Wildman–Crippen MR) is 117 cm³/mol. The Kier molecular flexibility index (Phi) is 9.85. The van der Waals surface area contributed by atoms with Crippen molar-refractivity contribution >= 4 is 22.1 Å². The first-order chi connectivity index (χ1) is 22.3. The lowest BCUT2D eigenvalue weighted by Gasteiger charge is -2.41. The van der Waals surface area contributed by atoms with Crippen LogP contribution in [0, 0.1) is 0 Å². The van der Waals surface area contributed by atoms with Crippen LogP contribution >= 0.6 is 0 Å². The lowest BCUT2D eigenvalue weighted by atomic mass is 9.74. The molecule has 0 aromatic heterocycles. The molecule has 8 N–H and O–H groups in total. The Bertz CT molecular complexity index is 1610. The molecule has 0 amide bonds. The first-order valence-corrected chi connectivity index (χ1v) is 11.9. The minimum absolute atomic E-state index is 1.81. The molecule has 52 heavy (non-hydrogen) atoms. The van der Waals surface area contributed by atoms with E-state index in [1.807, 2.05) is 0 Å². The third kappa shape index (κ3) is 5.82. The number of aliphatic hydroxyl groups is 4. The van der Waals surface area contributed by atoms with Crippen LogP contribution < -0.4 is 11.5 Å². The molecule has 0 saturated carbocycles. The third-order valence-electron chi connectivity index (χ3n) is 7.32. The molecular formula is C22H10F24N2O4. The van der Waals surface area contributed by atoms with Crippen molar-refractivity contribution in [2.45, 2.75) is 71.8 Å². The summed E-state index contributed by atoms with van der Waals surface area (Å²) >= 11 is 0. The van der Waals surface area contributed by atoms with Gasteiger partial charge >= 0.3 is 49.4 Å². The van der Waals surface area contributed by atoms with Gasteiger partial charge in [-0.3, -0.25) is 0 Å². The van der Waals surface area contributed by atoms with E-state index in [-0.39, 0.29) is 0 Å². The van der Waals surface area contributed by atoms with Crippen molar-refractivity contribution in [3.05, 3.63) is 34.4 Å². The molecule has 0 fully saturated rings. The van der Waals surface area contributed by atoms with E-state index in [4.69, 9.17) is 5.73 Å². The maximum Gasteiger partial charge on any atom is 0.430 e. The van der Waals surface area contributed by atoms with Gasteiger partial charge < -0.3 is 31.9 Å². The molecule has 300 valence electrons. The van der Waals surface area contributed by atoms with E-state index in [2.05, 4.69) is 5.73 Å². The summed E-state index contributed by atoms with van der Waals surface area (Å²) in [6, 6.07) is -3.88. The molecular weight excluding hydrogens is 812 g/mol. The Morgan fingerprint density at radius 2 is 0.558 bits per heavy atom. The maximum absolute atomic E-state index is 14.1. The molecule has 0 spiro atoms. The Hall–Kier alpha value is -3.54. The van der Waals surface area contributed by atoms with E-state index >= 15 is 0 Å². The summed E-state index contributed by atoms with van der Waals surface area (Å²) in [7, 11) is 0. The quantitative estimate of drug-likeness (QED) is 0.142. The van der Waals surface area contributed by atoms with E-state index in [0.717, 1.165) is 0 Å². The Labute approximate surface area is 266 Å². The maximum atomic E-state index is 14.1. The fraction of sp³-hybridized carbons (Fsp3) is 0.545. The van der Waals surface area contributed by atoms with Crippen LogP contribution in [0.2, 0.25) is 0 Å². The van der Waals surface area contributed by atoms with Crippen LogP contribution in [-0.4, -0.2) is 69.8 Å². The highest BCUT2D eigenvalue weighted by atomic mass is 19.4. The van der Waals surface area contributed by atoms with Gasteiger partial charge in [-0.1, -0.05) is 0 Å². The van der Waals surface area contributed by atoms with Crippen LogP contribution in [0.25, 0.3) is 10.8 Å². The van der Waals surface area contributed by atoms with Gasteiger partial charge in [0, 0.05) is 39.0 Å². The number of anilines is 2. The van der Waals surface area contributed by atoms with E-state index < -0.39 is 128 Å². The van der Waals surface area contributed by atoms with E-state index in [9.17, 15) is 126 Å². The number of nitrogen functional groups attached to an aromatic ring is 2. The van der Waals surface area contributed by atoms with Crippen LogP contribution in [-0.2, 0) is 22.4 Å². The number of hydrogen-bond donors (Lipinski definition) is 6. The van der Waals surface area contributed by atoms with E-state index in [1.54, 1.807) is 0 Å². The first kappa shape index (κ1) is 44.6. The fourth-order valence-corrected chi connectivity index (χ4v) is 4.74. The molecule has 0 bridgehead atoms. The number of rotatable bonds is 4. The van der Waals surface area contributed by atoms with Gasteiger partial charge in [0.05, 0.1) is 0 Å². The smallest absolute Gasteiger partial charge is 0.398 e. The van der Waals surface area contributed by atoms with Crippen LogP contribution in [0.5, 0.6) is 0 Å². The highest BCUT2D eigenvalue weighted by molar-refractivity contribution is 6.04. The highest BCUT2D eigenvalue weighted by Crippen LogP contribution is 2.63. The van der Waals surface area contributed by atoms with Crippen molar-refractivity contribution in [1.82, 2.24) is 0 Å². The summed E-state index contributed by atoms with van der Waals surface area (Å²) in [5, 5.41) is 32.0. The number of fused-ring (bicyclic) bond motifs is 1. The summed E-state index contributed by atoms with van der Waals surface area (Å²) in [5.74, 6) is 0. The largest absolute Gasteiger partial charge is 0.430 e. The molecule has 30 heteroatoms. The molecule has 2 aromatic rings. The number of hydrogen-bond acceptors (Lipinski definition) is 6. The average molecular weight is 822 g/mol. The first-order valence-electron chi connectivity index (χ1n) is 11.9. The van der Waals surface area contributed by atoms with Crippen molar-refractivity contribution in [3.63, 3.8) is 0 Å². The topological polar surface area (TPSA) is 133 Å². The van der Waals surface area contributed by atoms with E-state index in [1.165, 1.54) is 0 Å². The zero-order valence-corrected chi connectivity index (χ0v) is 23.2. The molecule has 0 radical (unpaired) electrons. The van der Waals surface area contributed by atoms with Gasteiger partial charge in [0.2, 0.25) is 0 Å². The molecule has 0 heterocycles. The van der Waals surface area contributed by atoms with Crippen LogP contribution in [0.4, 0.5) is 117 Å². The lowest BCUT2D eigenvalue weighted by Crippen LogP contribution is -2.57. The second kappa shape index (κ2) is 11.5. The predicted octanol–water partition coefficient (Wildman–Crippen LogP) is 7.25. The van der Waals surface area contributed by atoms with Crippen molar-refractivity contribution in [3.8, 4) is 0 Å². The molecule has 2 rings (SSSR count). The average Bonchev–Trinajstić information content (AvgIpc) is 2.86. The summed E-state index contributed by atoms with van der Waals surface area (Å²) in [6.07, 6.45) is -62.0. The SMILES string of the molecule is Nc1c(C(O)(C(F)(F)F)C(F)(F)F)cc2c(C(O)(C(F)(F)F)C(F)(F)F)cc(C(O)(C(F)(F)F)C(F)(F)F)c(N)c2c1C(O)(C(F)(F)F)C(F)(F)F. The monoisotopic (exact) mass is 822 g/mol. The molecule has 0 saturated heterocycles. The van der Waals surface area contributed by atoms with Crippen LogP contribution in [0.3, 0.4) is 0 Å². The van der Waals surface area contributed by atoms with Crippen molar-refractivity contribution in [2.75, 3.05) is 11.5 Å². The van der Waals surface area contributed by atoms with Gasteiger partial charge in [-0.2, -0.15) is 105 Å². The zero-order chi connectivity index (χ0) is 42.0. The van der Waals surface area contributed by atoms with Gasteiger partial charge in [-0.25, -0.2) is 0 Å². The van der Waals surface area contributed by atoms with Crippen LogP contribution in [0.15, 0.2) is 12.1 Å². The number of halogens is 24. The van der Waals surface area contributed by atoms with Gasteiger partial charge in [0.1, 0.15) is 0 Å². The molecule has 0 aliphatic heterocycles. The van der Waals surface area contributed by atoms with Crippen molar-refractivity contribution in [1.29, 1.82) is 0 Å². The summed E-state index contributed by atoms with van der Waals surface area (Å²) in [5.41, 5.74) is -43.3. The second-order valence-electron chi connectivity index (χ2n) is 10.3. The summed E-state index contributed by atoms with van der Waals surface area (Å²) < 4.78 is 334. The molecule has 0 unspecified atom stereocenters. The Morgan fingerprint density at radius 1 is 0.327 bits per heavy atom.